The fraction of sp³-hybridized carbons (Fsp3) is 1.00. The van der Waals surface area contributed by atoms with Gasteiger partial charge in [0.2, 0.25) is 0 Å². The summed E-state index contributed by atoms with van der Waals surface area (Å²) in [5.74, 6) is 1.86. The van der Waals surface area contributed by atoms with Crippen molar-refractivity contribution in [1.82, 2.24) is 0 Å². The van der Waals surface area contributed by atoms with Gasteiger partial charge in [-0.3, -0.25) is 0 Å². The predicted octanol–water partition coefficient (Wildman–Crippen LogP) is 3.99. The molecule has 0 heterocycles. The van der Waals surface area contributed by atoms with E-state index in [9.17, 15) is 0 Å². The van der Waals surface area contributed by atoms with Crippen molar-refractivity contribution < 1.29 is 6.16 Å². The van der Waals surface area contributed by atoms with Crippen molar-refractivity contribution in [3.8, 4) is 0 Å². The topological polar surface area (TPSA) is 9.23 Å². The molecular formula is C12H29AlO. The van der Waals surface area contributed by atoms with Crippen LogP contribution in [0, 0.1) is 11.8 Å². The van der Waals surface area contributed by atoms with Gasteiger partial charge in [-0.1, -0.05) is 0 Å². The summed E-state index contributed by atoms with van der Waals surface area (Å²) in [6.07, 6.45) is 0. The number of hydrogen-bond acceptors (Lipinski definition) is 1. The Hall–Kier alpha value is 0.492. The van der Waals surface area contributed by atoms with Crippen LogP contribution in [0.3, 0.4) is 0 Å². The molecule has 2 heteroatoms. The van der Waals surface area contributed by atoms with Crippen molar-refractivity contribution in [2.75, 3.05) is 13.2 Å². The first kappa shape index (κ1) is 16.9. The van der Waals surface area contributed by atoms with E-state index in [1.165, 1.54) is 10.6 Å². The van der Waals surface area contributed by atoms with E-state index in [0.29, 0.717) is 0 Å². The smallest absolute Gasteiger partial charge is 0.0437 e. The van der Waals surface area contributed by atoms with Crippen molar-refractivity contribution in [3.63, 3.8) is 0 Å². The third-order valence-corrected chi connectivity index (χ3v) is 4.24. The summed E-state index contributed by atoms with van der Waals surface area (Å²) in [7, 11) is 0. The Balaban J connectivity index is -0.000000208. The molecule has 0 aromatic heterocycles. The summed E-state index contributed by atoms with van der Waals surface area (Å²) >= 11 is 0.755. The van der Waals surface area contributed by atoms with Crippen LogP contribution in [-0.4, -0.2) is 28.4 Å². The molecule has 0 aliphatic heterocycles. The first-order chi connectivity index (χ1) is 6.54. The minimum Gasteiger partial charge on any atom is -1.00 e. The first-order valence-corrected chi connectivity index (χ1v) is 7.57. The Labute approximate surface area is 98.8 Å². The summed E-state index contributed by atoms with van der Waals surface area (Å²) in [6, 6.07) is 0. The minimum absolute atomic E-state index is 0. The van der Waals surface area contributed by atoms with Gasteiger partial charge in [0, 0.05) is 13.2 Å². The van der Waals surface area contributed by atoms with Crippen LogP contribution < -0.4 is 0 Å². The van der Waals surface area contributed by atoms with Crippen LogP contribution in [0.5, 0.6) is 0 Å². The molecule has 0 fully saturated rings. The van der Waals surface area contributed by atoms with E-state index < -0.39 is 0 Å². The zero-order chi connectivity index (χ0) is 11.4. The zero-order valence-electron chi connectivity index (χ0n) is 12.0. The maximum absolute atomic E-state index is 4.83. The predicted molar refractivity (Wildman–Crippen MR) is 68.3 cm³/mol. The summed E-state index contributed by atoms with van der Waals surface area (Å²) in [6.45, 7) is 14.9. The summed E-state index contributed by atoms with van der Waals surface area (Å²) < 4.78 is 4.83. The molecule has 0 rings (SSSR count). The van der Waals surface area contributed by atoms with Gasteiger partial charge in [-0.2, -0.15) is 0 Å². The number of ether oxygens (including phenoxy) is 1. The Morgan fingerprint density at radius 1 is 0.929 bits per heavy atom. The maximum Gasteiger partial charge on any atom is 0.0437 e. The second-order valence-corrected chi connectivity index (χ2v) is 5.85. The molecule has 86 valence electrons. The van der Waals surface area contributed by atoms with Crippen LogP contribution in [0.25, 0.3) is 0 Å². The third kappa shape index (κ3) is 22.9. The SMILES string of the molecule is CC(C)[CH2][Al+][CH2]C(C)C.CCOCC.[H-]. The quantitative estimate of drug-likeness (QED) is 0.610. The normalized spacial score (nSPS) is 9.71. The summed E-state index contributed by atoms with van der Waals surface area (Å²) in [5, 5.41) is 2.97. The van der Waals surface area contributed by atoms with Crippen molar-refractivity contribution in [2.24, 2.45) is 11.8 Å². The third-order valence-electron chi connectivity index (χ3n) is 1.68. The minimum atomic E-state index is 0. The Morgan fingerprint density at radius 3 is 1.43 bits per heavy atom. The molecule has 0 aromatic carbocycles. The monoisotopic (exact) mass is 216 g/mol. The van der Waals surface area contributed by atoms with E-state index in [2.05, 4.69) is 27.7 Å². The van der Waals surface area contributed by atoms with E-state index in [4.69, 9.17) is 4.74 Å². The Morgan fingerprint density at radius 2 is 1.29 bits per heavy atom. The van der Waals surface area contributed by atoms with Crippen LogP contribution in [-0.2, 0) is 4.74 Å². The van der Waals surface area contributed by atoms with Gasteiger partial charge in [0.25, 0.3) is 0 Å². The zero-order valence-corrected chi connectivity index (χ0v) is 12.1. The van der Waals surface area contributed by atoms with Crippen molar-refractivity contribution in [3.05, 3.63) is 0 Å². The second kappa shape index (κ2) is 13.5. The summed E-state index contributed by atoms with van der Waals surface area (Å²) in [5.41, 5.74) is 0. The van der Waals surface area contributed by atoms with Gasteiger partial charge in [-0.25, -0.2) is 0 Å². The van der Waals surface area contributed by atoms with Gasteiger partial charge in [0.05, 0.1) is 0 Å². The van der Waals surface area contributed by atoms with Crippen LogP contribution in [0.2, 0.25) is 10.6 Å². The van der Waals surface area contributed by atoms with Gasteiger partial charge in [-0.05, 0) is 13.8 Å². The molecule has 14 heavy (non-hydrogen) atoms. The average molecular weight is 216 g/mol. The molecule has 1 nitrogen and oxygen atoms in total. The van der Waals surface area contributed by atoms with Gasteiger partial charge < -0.3 is 6.16 Å². The molecule has 0 radical (unpaired) electrons. The summed E-state index contributed by atoms with van der Waals surface area (Å²) in [4.78, 5) is 0. The van der Waals surface area contributed by atoms with Crippen molar-refractivity contribution in [1.29, 1.82) is 0 Å². The molecule has 0 aliphatic carbocycles. The molecule has 0 atom stereocenters. The molecule has 0 saturated heterocycles. The van der Waals surface area contributed by atoms with E-state index in [0.717, 1.165) is 40.3 Å². The standard InChI is InChI=1S/C4H10O.2C4H9.Al.H/c1-3-5-4-2;2*1-4(2)3;;/h3-4H2,1-2H3;2*4H,1H2,2-3H3;;/q;;;+1;-1. The van der Waals surface area contributed by atoms with Gasteiger partial charge in [0.1, 0.15) is 0 Å². The van der Waals surface area contributed by atoms with Crippen LogP contribution in [0.15, 0.2) is 0 Å². The molecule has 0 unspecified atom stereocenters. The van der Waals surface area contributed by atoms with Crippen LogP contribution >= 0.6 is 0 Å². The van der Waals surface area contributed by atoms with E-state index in [1.807, 2.05) is 13.8 Å². The number of rotatable bonds is 6. The van der Waals surface area contributed by atoms with E-state index in [-0.39, 0.29) is 1.43 Å². The molecule has 0 aliphatic rings. The molecule has 0 spiro atoms. The maximum atomic E-state index is 4.83. The second-order valence-electron chi connectivity index (χ2n) is 4.33. The largest absolute Gasteiger partial charge is 1.00 e. The van der Waals surface area contributed by atoms with Gasteiger partial charge >= 0.3 is 65.3 Å². The van der Waals surface area contributed by atoms with E-state index in [1.54, 1.807) is 0 Å². The molecule has 0 amide bonds. The Kier molecular flexibility index (Phi) is 16.3. The van der Waals surface area contributed by atoms with Crippen molar-refractivity contribution in [2.45, 2.75) is 52.1 Å². The molecule has 0 N–H and O–H groups in total. The molecule has 0 aromatic rings. The van der Waals surface area contributed by atoms with Gasteiger partial charge in [0.15, 0.2) is 0 Å². The van der Waals surface area contributed by atoms with Crippen molar-refractivity contribution >= 4 is 15.2 Å². The molecule has 0 saturated carbocycles. The van der Waals surface area contributed by atoms with Gasteiger partial charge in [-0.15, -0.1) is 0 Å². The molecule has 0 bridgehead atoms. The fourth-order valence-electron chi connectivity index (χ4n) is 0.967. The Bertz CT molecular complexity index is 87.6. The van der Waals surface area contributed by atoms with Crippen LogP contribution in [0.4, 0.5) is 0 Å². The molecular weight excluding hydrogens is 187 g/mol. The van der Waals surface area contributed by atoms with Crippen LogP contribution in [0.1, 0.15) is 43.0 Å². The average Bonchev–Trinajstić information content (AvgIpc) is 2.05. The fourth-order valence-corrected chi connectivity index (χ4v) is 2.49. The van der Waals surface area contributed by atoms with E-state index >= 15 is 0 Å². The first-order valence-electron chi connectivity index (χ1n) is 5.93. The number of hydrogen-bond donors (Lipinski definition) is 0.